The lowest BCUT2D eigenvalue weighted by Gasteiger charge is -2.06. The van der Waals surface area contributed by atoms with Gasteiger partial charge in [-0.2, -0.15) is 10.4 Å². The van der Waals surface area contributed by atoms with Crippen molar-refractivity contribution in [2.45, 2.75) is 0 Å². The zero-order valence-electron chi connectivity index (χ0n) is 11.8. The van der Waals surface area contributed by atoms with Gasteiger partial charge in [0.1, 0.15) is 11.8 Å². The van der Waals surface area contributed by atoms with Gasteiger partial charge in [0.05, 0.1) is 23.0 Å². The first-order valence-corrected chi connectivity index (χ1v) is 7.36. The van der Waals surface area contributed by atoms with E-state index in [0.29, 0.717) is 16.4 Å². The second kappa shape index (κ2) is 6.24. The van der Waals surface area contributed by atoms with Crippen molar-refractivity contribution in [2.24, 2.45) is 5.10 Å². The molecule has 5 nitrogen and oxygen atoms in total. The number of hydrogen-bond donors (Lipinski definition) is 1. The molecule has 0 aliphatic carbocycles. The molecule has 1 N–H and O–H groups in total. The number of rotatable bonds is 4. The molecule has 3 aromatic rings. The minimum atomic E-state index is 0.243. The van der Waals surface area contributed by atoms with Gasteiger partial charge >= 0.3 is 0 Å². The standard InChI is InChI=1S/C16H12N4OS/c1-21-14-8-4-2-6-11(14)19-20-13(10-17)16-18-12-7-3-5-9-15(12)22-16/h2-9,19H,1H3. The summed E-state index contributed by atoms with van der Waals surface area (Å²) in [5, 5.41) is 14.1. The lowest BCUT2D eigenvalue weighted by molar-refractivity contribution is 0.416. The maximum Gasteiger partial charge on any atom is 0.196 e. The third-order valence-electron chi connectivity index (χ3n) is 3.00. The Morgan fingerprint density at radius 1 is 1.23 bits per heavy atom. The van der Waals surface area contributed by atoms with E-state index in [2.05, 4.69) is 21.6 Å². The monoisotopic (exact) mass is 308 g/mol. The van der Waals surface area contributed by atoms with Gasteiger partial charge in [-0.25, -0.2) is 4.98 Å². The van der Waals surface area contributed by atoms with E-state index >= 15 is 0 Å². The maximum absolute atomic E-state index is 9.32. The summed E-state index contributed by atoms with van der Waals surface area (Å²) in [6.07, 6.45) is 0. The van der Waals surface area contributed by atoms with Gasteiger partial charge in [0.2, 0.25) is 0 Å². The molecule has 0 radical (unpaired) electrons. The van der Waals surface area contributed by atoms with Crippen molar-refractivity contribution in [1.82, 2.24) is 4.98 Å². The third-order valence-corrected chi connectivity index (χ3v) is 4.04. The Balaban J connectivity index is 1.92. The number of fused-ring (bicyclic) bond motifs is 1. The summed E-state index contributed by atoms with van der Waals surface area (Å²) in [7, 11) is 1.59. The molecule has 2 aromatic carbocycles. The molecule has 0 fully saturated rings. The van der Waals surface area contributed by atoms with Crippen LogP contribution in [0.5, 0.6) is 5.75 Å². The quantitative estimate of drug-likeness (QED) is 0.590. The van der Waals surface area contributed by atoms with Gasteiger partial charge in [0.25, 0.3) is 0 Å². The van der Waals surface area contributed by atoms with E-state index in [9.17, 15) is 5.26 Å². The first kappa shape index (κ1) is 14.0. The maximum atomic E-state index is 9.32. The Labute approximate surface area is 131 Å². The molecular weight excluding hydrogens is 296 g/mol. The van der Waals surface area contributed by atoms with Gasteiger partial charge in [-0.3, -0.25) is 5.43 Å². The Kier molecular flexibility index (Phi) is 3.99. The fourth-order valence-corrected chi connectivity index (χ4v) is 2.85. The summed E-state index contributed by atoms with van der Waals surface area (Å²) in [5.41, 5.74) is 4.66. The van der Waals surface area contributed by atoms with Crippen molar-refractivity contribution >= 4 is 33.0 Å². The van der Waals surface area contributed by atoms with Gasteiger partial charge in [0, 0.05) is 0 Å². The van der Waals surface area contributed by atoms with Crippen molar-refractivity contribution < 1.29 is 4.74 Å². The molecule has 22 heavy (non-hydrogen) atoms. The third kappa shape index (κ3) is 2.75. The fraction of sp³-hybridized carbons (Fsp3) is 0.0625. The molecule has 0 bridgehead atoms. The summed E-state index contributed by atoms with van der Waals surface area (Å²) in [6.45, 7) is 0. The number of benzene rings is 2. The van der Waals surface area contributed by atoms with Crippen LogP contribution in [-0.2, 0) is 0 Å². The average molecular weight is 308 g/mol. The molecule has 0 atom stereocenters. The first-order chi connectivity index (χ1) is 10.8. The highest BCUT2D eigenvalue weighted by atomic mass is 32.1. The Bertz CT molecular complexity index is 846. The van der Waals surface area contributed by atoms with Crippen LogP contribution in [0.2, 0.25) is 0 Å². The molecule has 0 aliphatic heterocycles. The van der Waals surface area contributed by atoms with E-state index in [0.717, 1.165) is 10.2 Å². The number of nitriles is 1. The molecular formula is C16H12N4OS. The summed E-state index contributed by atoms with van der Waals surface area (Å²) < 4.78 is 6.26. The molecule has 0 aliphatic rings. The van der Waals surface area contributed by atoms with Crippen LogP contribution in [0, 0.1) is 11.3 Å². The number of para-hydroxylation sites is 3. The first-order valence-electron chi connectivity index (χ1n) is 6.54. The summed E-state index contributed by atoms with van der Waals surface area (Å²) in [5.74, 6) is 0.660. The molecule has 1 aromatic heterocycles. The van der Waals surface area contributed by atoms with E-state index in [4.69, 9.17) is 4.74 Å². The molecule has 0 saturated carbocycles. The van der Waals surface area contributed by atoms with Crippen molar-refractivity contribution in [1.29, 1.82) is 5.26 Å². The second-order valence-corrected chi connectivity index (χ2v) is 5.40. The van der Waals surface area contributed by atoms with Crippen LogP contribution >= 0.6 is 11.3 Å². The normalized spacial score (nSPS) is 11.2. The SMILES string of the molecule is COc1ccccc1NN=C(C#N)c1nc2ccccc2s1. The molecule has 6 heteroatoms. The largest absolute Gasteiger partial charge is 0.495 e. The Hall–Kier alpha value is -2.91. The Morgan fingerprint density at radius 2 is 2.00 bits per heavy atom. The number of aromatic nitrogens is 1. The molecule has 0 saturated heterocycles. The van der Waals surface area contributed by atoms with E-state index in [1.807, 2.05) is 48.5 Å². The highest BCUT2D eigenvalue weighted by molar-refractivity contribution is 7.20. The topological polar surface area (TPSA) is 70.3 Å². The summed E-state index contributed by atoms with van der Waals surface area (Å²) >= 11 is 1.44. The van der Waals surface area contributed by atoms with Crippen LogP contribution in [0.15, 0.2) is 53.6 Å². The van der Waals surface area contributed by atoms with Gasteiger partial charge < -0.3 is 4.74 Å². The number of thiazole rings is 1. The lowest BCUT2D eigenvalue weighted by atomic mass is 10.3. The van der Waals surface area contributed by atoms with Gasteiger partial charge in [-0.15, -0.1) is 11.3 Å². The smallest absolute Gasteiger partial charge is 0.196 e. The number of hydrogen-bond acceptors (Lipinski definition) is 6. The van der Waals surface area contributed by atoms with Crippen molar-refractivity contribution in [3.8, 4) is 11.8 Å². The molecule has 0 spiro atoms. The van der Waals surface area contributed by atoms with Gasteiger partial charge in [-0.1, -0.05) is 24.3 Å². The van der Waals surface area contributed by atoms with E-state index in [1.165, 1.54) is 11.3 Å². The van der Waals surface area contributed by atoms with Crippen LogP contribution in [-0.4, -0.2) is 17.8 Å². The van der Waals surface area contributed by atoms with Crippen molar-refractivity contribution in [2.75, 3.05) is 12.5 Å². The highest BCUT2D eigenvalue weighted by Crippen LogP contribution is 2.24. The second-order valence-electron chi connectivity index (χ2n) is 4.37. The minimum Gasteiger partial charge on any atom is -0.495 e. The number of nitrogens with zero attached hydrogens (tertiary/aromatic N) is 3. The van der Waals surface area contributed by atoms with Crippen LogP contribution < -0.4 is 10.2 Å². The molecule has 108 valence electrons. The number of nitrogens with one attached hydrogen (secondary N) is 1. The predicted molar refractivity (Wildman–Crippen MR) is 88.4 cm³/mol. The molecule has 1 heterocycles. The highest BCUT2D eigenvalue weighted by Gasteiger charge is 2.10. The zero-order chi connectivity index (χ0) is 15.4. The van der Waals surface area contributed by atoms with E-state index in [-0.39, 0.29) is 5.71 Å². The van der Waals surface area contributed by atoms with Gasteiger partial charge in [0.15, 0.2) is 10.7 Å². The molecule has 3 rings (SSSR count). The van der Waals surface area contributed by atoms with E-state index in [1.54, 1.807) is 7.11 Å². The van der Waals surface area contributed by atoms with Crippen LogP contribution in [0.1, 0.15) is 5.01 Å². The molecule has 0 amide bonds. The van der Waals surface area contributed by atoms with Crippen molar-refractivity contribution in [3.05, 3.63) is 53.5 Å². The average Bonchev–Trinajstić information content (AvgIpc) is 2.99. The van der Waals surface area contributed by atoms with Crippen LogP contribution in [0.3, 0.4) is 0 Å². The zero-order valence-corrected chi connectivity index (χ0v) is 12.6. The number of methoxy groups -OCH3 is 1. The number of ether oxygens (including phenoxy) is 1. The predicted octanol–water partition coefficient (Wildman–Crippen LogP) is 3.64. The molecule has 0 unspecified atom stereocenters. The summed E-state index contributed by atoms with van der Waals surface area (Å²) in [6, 6.07) is 17.2. The fourth-order valence-electron chi connectivity index (χ4n) is 1.95. The number of anilines is 1. The van der Waals surface area contributed by atoms with E-state index < -0.39 is 0 Å². The van der Waals surface area contributed by atoms with Crippen LogP contribution in [0.25, 0.3) is 10.2 Å². The Morgan fingerprint density at radius 3 is 2.77 bits per heavy atom. The lowest BCUT2D eigenvalue weighted by Crippen LogP contribution is -2.02. The van der Waals surface area contributed by atoms with Crippen LogP contribution in [0.4, 0.5) is 5.69 Å². The minimum absolute atomic E-state index is 0.243. The van der Waals surface area contributed by atoms with Gasteiger partial charge in [-0.05, 0) is 24.3 Å². The van der Waals surface area contributed by atoms with Crippen molar-refractivity contribution in [3.63, 3.8) is 0 Å². The summed E-state index contributed by atoms with van der Waals surface area (Å²) in [4.78, 5) is 4.43. The number of hydrazone groups is 1.